The molecule has 0 saturated heterocycles. The van der Waals surface area contributed by atoms with Crippen LogP contribution in [-0.4, -0.2) is 17.3 Å². The Bertz CT molecular complexity index is 476. The first-order chi connectivity index (χ1) is 7.82. The van der Waals surface area contributed by atoms with Gasteiger partial charge in [-0.3, -0.25) is 14.9 Å². The monoisotopic (exact) mass is 249 g/mol. The lowest BCUT2D eigenvalue weighted by Crippen LogP contribution is -2.08. The van der Waals surface area contributed by atoms with E-state index < -0.39 is 40.1 Å². The standard InChI is InChI=1S/C9H6F3NO4/c1-4(14)5-2-6(10)7(13(15)16)3-8(5)17-9(11)12/h2-3,9H,1H3. The van der Waals surface area contributed by atoms with Gasteiger partial charge in [0.05, 0.1) is 16.6 Å². The Hall–Kier alpha value is -2.12. The van der Waals surface area contributed by atoms with Crippen LogP contribution >= 0.6 is 0 Å². The zero-order valence-electron chi connectivity index (χ0n) is 8.45. The van der Waals surface area contributed by atoms with Crippen molar-refractivity contribution in [2.75, 3.05) is 0 Å². The maximum Gasteiger partial charge on any atom is 0.387 e. The number of nitrogens with zero attached hydrogens (tertiary/aromatic N) is 1. The molecule has 0 atom stereocenters. The summed E-state index contributed by atoms with van der Waals surface area (Å²) in [4.78, 5) is 20.3. The second-order valence-electron chi connectivity index (χ2n) is 2.99. The number of hydrogen-bond donors (Lipinski definition) is 0. The molecule has 0 saturated carbocycles. The van der Waals surface area contributed by atoms with Gasteiger partial charge in [0, 0.05) is 0 Å². The predicted octanol–water partition coefficient (Wildman–Crippen LogP) is 2.54. The van der Waals surface area contributed by atoms with Crippen molar-refractivity contribution >= 4 is 11.5 Å². The number of ether oxygens (including phenoxy) is 1. The fourth-order valence-electron chi connectivity index (χ4n) is 1.15. The molecule has 0 spiro atoms. The maximum atomic E-state index is 13.1. The Balaban J connectivity index is 3.36. The molecule has 8 heteroatoms. The molecule has 0 aliphatic heterocycles. The molecule has 1 rings (SSSR count). The summed E-state index contributed by atoms with van der Waals surface area (Å²) in [7, 11) is 0. The Morgan fingerprint density at radius 1 is 1.47 bits per heavy atom. The highest BCUT2D eigenvalue weighted by Gasteiger charge is 2.22. The molecule has 0 aliphatic carbocycles. The summed E-state index contributed by atoms with van der Waals surface area (Å²) >= 11 is 0. The third-order valence-electron chi connectivity index (χ3n) is 1.84. The van der Waals surface area contributed by atoms with E-state index in [9.17, 15) is 28.1 Å². The highest BCUT2D eigenvalue weighted by atomic mass is 19.3. The summed E-state index contributed by atoms with van der Waals surface area (Å²) < 4.78 is 41.1. The molecule has 92 valence electrons. The molecule has 0 radical (unpaired) electrons. The summed E-state index contributed by atoms with van der Waals surface area (Å²) in [6.45, 7) is -2.27. The second kappa shape index (κ2) is 4.81. The lowest BCUT2D eigenvalue weighted by molar-refractivity contribution is -0.387. The summed E-state index contributed by atoms with van der Waals surface area (Å²) in [5.41, 5.74) is -1.51. The van der Waals surface area contributed by atoms with E-state index in [1.54, 1.807) is 0 Å². The molecule has 1 aromatic rings. The summed E-state index contributed by atoms with van der Waals surface area (Å²) in [5, 5.41) is 10.4. The fourth-order valence-corrected chi connectivity index (χ4v) is 1.15. The molecular formula is C9H6F3NO4. The Labute approximate surface area is 93.0 Å². The van der Waals surface area contributed by atoms with Gasteiger partial charge < -0.3 is 4.74 Å². The van der Waals surface area contributed by atoms with Crippen LogP contribution in [0.2, 0.25) is 0 Å². The third-order valence-corrected chi connectivity index (χ3v) is 1.84. The van der Waals surface area contributed by atoms with E-state index in [0.717, 1.165) is 6.92 Å². The number of halogens is 3. The summed E-state index contributed by atoms with van der Waals surface area (Å²) in [5.74, 6) is -2.75. The predicted molar refractivity (Wildman–Crippen MR) is 49.7 cm³/mol. The van der Waals surface area contributed by atoms with E-state index in [1.165, 1.54) is 0 Å². The number of benzene rings is 1. The Morgan fingerprint density at radius 2 is 2.06 bits per heavy atom. The fraction of sp³-hybridized carbons (Fsp3) is 0.222. The topological polar surface area (TPSA) is 69.4 Å². The van der Waals surface area contributed by atoms with Crippen LogP contribution in [0.5, 0.6) is 5.75 Å². The van der Waals surface area contributed by atoms with Crippen LogP contribution in [-0.2, 0) is 0 Å². The second-order valence-corrected chi connectivity index (χ2v) is 2.99. The molecular weight excluding hydrogens is 243 g/mol. The van der Waals surface area contributed by atoms with Crippen LogP contribution in [0.15, 0.2) is 12.1 Å². The number of nitro benzene ring substituents is 1. The number of rotatable bonds is 4. The summed E-state index contributed by atoms with van der Waals surface area (Å²) in [6, 6.07) is 0.955. The highest BCUT2D eigenvalue weighted by molar-refractivity contribution is 5.97. The van der Waals surface area contributed by atoms with Gasteiger partial charge in [-0.15, -0.1) is 0 Å². The Kier molecular flexibility index (Phi) is 3.66. The van der Waals surface area contributed by atoms with E-state index >= 15 is 0 Å². The number of ketones is 1. The quantitative estimate of drug-likeness (QED) is 0.467. The van der Waals surface area contributed by atoms with Crippen LogP contribution in [0.1, 0.15) is 17.3 Å². The molecule has 0 fully saturated rings. The Morgan fingerprint density at radius 3 is 2.47 bits per heavy atom. The third kappa shape index (κ3) is 2.92. The van der Waals surface area contributed by atoms with Gasteiger partial charge in [0.15, 0.2) is 5.78 Å². The van der Waals surface area contributed by atoms with Gasteiger partial charge >= 0.3 is 12.3 Å². The largest absolute Gasteiger partial charge is 0.434 e. The molecule has 0 bridgehead atoms. The minimum atomic E-state index is -3.27. The van der Waals surface area contributed by atoms with Crippen molar-refractivity contribution < 1.29 is 27.6 Å². The molecule has 0 amide bonds. The molecule has 0 heterocycles. The zero-order chi connectivity index (χ0) is 13.2. The molecule has 0 unspecified atom stereocenters. The average molecular weight is 249 g/mol. The van der Waals surface area contributed by atoms with E-state index in [4.69, 9.17) is 0 Å². The van der Waals surface area contributed by atoms with Gasteiger partial charge in [0.1, 0.15) is 5.75 Å². The average Bonchev–Trinajstić information content (AvgIpc) is 2.18. The van der Waals surface area contributed by atoms with Crippen molar-refractivity contribution in [1.29, 1.82) is 0 Å². The van der Waals surface area contributed by atoms with Crippen molar-refractivity contribution in [3.05, 3.63) is 33.6 Å². The molecule has 1 aromatic carbocycles. The SMILES string of the molecule is CC(=O)c1cc(F)c([N+](=O)[O-])cc1OC(F)F. The normalized spacial score (nSPS) is 10.4. The summed E-state index contributed by atoms with van der Waals surface area (Å²) in [6.07, 6.45) is 0. The van der Waals surface area contributed by atoms with Crippen molar-refractivity contribution in [1.82, 2.24) is 0 Å². The number of hydrogen-bond acceptors (Lipinski definition) is 4. The number of carbonyl (C=O) groups is 1. The van der Waals surface area contributed by atoms with Gasteiger partial charge in [-0.2, -0.15) is 13.2 Å². The van der Waals surface area contributed by atoms with Crippen LogP contribution in [0.4, 0.5) is 18.9 Å². The number of Topliss-reactive ketones (excluding diaryl/α,β-unsaturated/α-hetero) is 1. The van der Waals surface area contributed by atoms with Crippen LogP contribution < -0.4 is 4.74 Å². The molecule has 0 aliphatic rings. The first-order valence-electron chi connectivity index (χ1n) is 4.26. The van der Waals surface area contributed by atoms with E-state index in [2.05, 4.69) is 4.74 Å². The van der Waals surface area contributed by atoms with Gasteiger partial charge in [0.2, 0.25) is 5.82 Å². The van der Waals surface area contributed by atoms with Gasteiger partial charge in [-0.05, 0) is 13.0 Å². The van der Waals surface area contributed by atoms with Crippen molar-refractivity contribution in [2.45, 2.75) is 13.5 Å². The molecule has 0 aromatic heterocycles. The highest BCUT2D eigenvalue weighted by Crippen LogP contribution is 2.29. The molecule has 0 N–H and O–H groups in total. The smallest absolute Gasteiger partial charge is 0.387 e. The van der Waals surface area contributed by atoms with Crippen LogP contribution in [0.25, 0.3) is 0 Å². The van der Waals surface area contributed by atoms with Gasteiger partial charge in [-0.1, -0.05) is 0 Å². The van der Waals surface area contributed by atoms with Crippen molar-refractivity contribution in [3.63, 3.8) is 0 Å². The van der Waals surface area contributed by atoms with Crippen LogP contribution in [0.3, 0.4) is 0 Å². The van der Waals surface area contributed by atoms with Gasteiger partial charge in [0.25, 0.3) is 0 Å². The van der Waals surface area contributed by atoms with E-state index in [-0.39, 0.29) is 0 Å². The zero-order valence-corrected chi connectivity index (χ0v) is 8.45. The number of carbonyl (C=O) groups excluding carboxylic acids is 1. The van der Waals surface area contributed by atoms with Crippen LogP contribution in [0, 0.1) is 15.9 Å². The van der Waals surface area contributed by atoms with E-state index in [1.807, 2.05) is 0 Å². The first kappa shape index (κ1) is 12.9. The number of nitro groups is 1. The first-order valence-corrected chi connectivity index (χ1v) is 4.26. The lowest BCUT2D eigenvalue weighted by atomic mass is 10.1. The minimum absolute atomic E-state index is 0.457. The van der Waals surface area contributed by atoms with Crippen molar-refractivity contribution in [2.24, 2.45) is 0 Å². The minimum Gasteiger partial charge on any atom is -0.434 e. The van der Waals surface area contributed by atoms with Gasteiger partial charge in [-0.25, -0.2) is 0 Å². The molecule has 5 nitrogen and oxygen atoms in total. The van der Waals surface area contributed by atoms with E-state index in [0.29, 0.717) is 12.1 Å². The van der Waals surface area contributed by atoms with Crippen molar-refractivity contribution in [3.8, 4) is 5.75 Å². The molecule has 17 heavy (non-hydrogen) atoms. The maximum absolute atomic E-state index is 13.1. The number of alkyl halides is 2. The lowest BCUT2D eigenvalue weighted by Gasteiger charge is -2.08.